The molecule has 0 bridgehead atoms. The maximum atomic E-state index is 11.8. The van der Waals surface area contributed by atoms with Crippen LogP contribution in [0.4, 0.5) is 0 Å². The van der Waals surface area contributed by atoms with Crippen LogP contribution in [0.25, 0.3) is 0 Å². The molecule has 0 saturated carbocycles. The second-order valence-electron chi connectivity index (χ2n) is 4.74. The average Bonchev–Trinajstić information content (AvgIpc) is 2.43. The second kappa shape index (κ2) is 8.81. The van der Waals surface area contributed by atoms with Crippen LogP contribution < -0.4 is 10.1 Å². The minimum absolute atomic E-state index is 0.0306. The van der Waals surface area contributed by atoms with Crippen LogP contribution in [0.15, 0.2) is 24.3 Å². The molecule has 1 aromatic carbocycles. The van der Waals surface area contributed by atoms with Crippen molar-refractivity contribution in [3.63, 3.8) is 0 Å². The van der Waals surface area contributed by atoms with Crippen molar-refractivity contribution in [2.45, 2.75) is 26.2 Å². The average molecular weight is 284 g/mol. The summed E-state index contributed by atoms with van der Waals surface area (Å²) in [5, 5.41) is 2.92. The van der Waals surface area contributed by atoms with Gasteiger partial charge in [-0.3, -0.25) is 4.79 Å². The molecule has 0 radical (unpaired) electrons. The van der Waals surface area contributed by atoms with Gasteiger partial charge in [-0.1, -0.05) is 25.1 Å². The zero-order chi connectivity index (χ0) is 14.1. The fraction of sp³-hybridized carbons (Fsp3) is 0.533. The first-order valence-corrected chi connectivity index (χ1v) is 7.15. The van der Waals surface area contributed by atoms with E-state index in [0.29, 0.717) is 24.8 Å². The summed E-state index contributed by atoms with van der Waals surface area (Å²) in [4.78, 5) is 11.8. The Kier molecular flexibility index (Phi) is 7.34. The lowest BCUT2D eigenvalue weighted by Crippen LogP contribution is -2.26. The van der Waals surface area contributed by atoms with Crippen molar-refractivity contribution < 1.29 is 9.53 Å². The number of halogens is 1. The molecule has 0 aliphatic carbocycles. The fourth-order valence-corrected chi connectivity index (χ4v) is 1.99. The molecule has 3 nitrogen and oxygen atoms in total. The van der Waals surface area contributed by atoms with Crippen LogP contribution in [0.5, 0.6) is 5.75 Å². The van der Waals surface area contributed by atoms with E-state index >= 15 is 0 Å². The highest BCUT2D eigenvalue weighted by molar-refractivity contribution is 6.18. The normalized spacial score (nSPS) is 11.9. The van der Waals surface area contributed by atoms with Gasteiger partial charge in [0.25, 0.3) is 0 Å². The van der Waals surface area contributed by atoms with Gasteiger partial charge in [0.2, 0.25) is 5.91 Å². The molecule has 0 spiro atoms. The molecule has 0 saturated heterocycles. The van der Waals surface area contributed by atoms with E-state index in [2.05, 4.69) is 12.2 Å². The summed E-state index contributed by atoms with van der Waals surface area (Å²) >= 11 is 5.73. The standard InChI is InChI=1S/C15H22ClNO2/c1-12(11-16)6-5-9-17-15(18)10-13-7-3-4-8-14(13)19-2/h3-4,7-8,12H,5-6,9-11H2,1-2H3,(H,17,18). The van der Waals surface area contributed by atoms with Crippen molar-refractivity contribution in [1.29, 1.82) is 0 Å². The molecule has 4 heteroatoms. The summed E-state index contributed by atoms with van der Waals surface area (Å²) in [6.07, 6.45) is 2.36. The van der Waals surface area contributed by atoms with E-state index in [1.54, 1.807) is 7.11 Å². The van der Waals surface area contributed by atoms with E-state index in [0.717, 1.165) is 24.2 Å². The number of alkyl halides is 1. The summed E-state index contributed by atoms with van der Waals surface area (Å²) in [5.41, 5.74) is 0.914. The molecule has 1 unspecified atom stereocenters. The van der Waals surface area contributed by atoms with Crippen LogP contribution in [0.1, 0.15) is 25.3 Å². The quantitative estimate of drug-likeness (QED) is 0.588. The predicted molar refractivity (Wildman–Crippen MR) is 78.8 cm³/mol. The van der Waals surface area contributed by atoms with Crippen LogP contribution in [-0.2, 0) is 11.2 Å². The van der Waals surface area contributed by atoms with Crippen molar-refractivity contribution in [3.8, 4) is 5.75 Å². The number of ether oxygens (including phenoxy) is 1. The first-order valence-electron chi connectivity index (χ1n) is 6.62. The van der Waals surface area contributed by atoms with Crippen molar-refractivity contribution in [1.82, 2.24) is 5.32 Å². The minimum Gasteiger partial charge on any atom is -0.496 e. The number of hydrogen-bond acceptors (Lipinski definition) is 2. The Morgan fingerprint density at radius 2 is 2.16 bits per heavy atom. The molecular weight excluding hydrogens is 262 g/mol. The van der Waals surface area contributed by atoms with Gasteiger partial charge in [0.15, 0.2) is 0 Å². The SMILES string of the molecule is COc1ccccc1CC(=O)NCCCC(C)CCl. The molecule has 0 aromatic heterocycles. The molecule has 0 aliphatic rings. The Labute approximate surface area is 120 Å². The summed E-state index contributed by atoms with van der Waals surface area (Å²) in [6.45, 7) is 2.82. The zero-order valence-corrected chi connectivity index (χ0v) is 12.4. The maximum Gasteiger partial charge on any atom is 0.224 e. The Hall–Kier alpha value is -1.22. The highest BCUT2D eigenvalue weighted by Crippen LogP contribution is 2.17. The summed E-state index contributed by atoms with van der Waals surface area (Å²) in [6, 6.07) is 7.58. The number of nitrogens with one attached hydrogen (secondary N) is 1. The van der Waals surface area contributed by atoms with Crippen molar-refractivity contribution >= 4 is 17.5 Å². The monoisotopic (exact) mass is 283 g/mol. The van der Waals surface area contributed by atoms with E-state index in [9.17, 15) is 4.79 Å². The Balaban J connectivity index is 2.31. The van der Waals surface area contributed by atoms with Gasteiger partial charge in [0, 0.05) is 18.0 Å². The Bertz CT molecular complexity index is 395. The molecule has 1 rings (SSSR count). The van der Waals surface area contributed by atoms with E-state index in [-0.39, 0.29) is 5.91 Å². The Morgan fingerprint density at radius 3 is 2.84 bits per heavy atom. The van der Waals surface area contributed by atoms with Gasteiger partial charge in [-0.15, -0.1) is 11.6 Å². The topological polar surface area (TPSA) is 38.3 Å². The largest absolute Gasteiger partial charge is 0.496 e. The smallest absolute Gasteiger partial charge is 0.224 e. The van der Waals surface area contributed by atoms with Gasteiger partial charge in [0.1, 0.15) is 5.75 Å². The zero-order valence-electron chi connectivity index (χ0n) is 11.6. The predicted octanol–water partition coefficient (Wildman–Crippen LogP) is 3.01. The lowest BCUT2D eigenvalue weighted by molar-refractivity contribution is -0.120. The molecule has 1 atom stereocenters. The fourth-order valence-electron chi connectivity index (χ4n) is 1.84. The van der Waals surface area contributed by atoms with E-state index in [1.165, 1.54) is 0 Å². The third-order valence-corrected chi connectivity index (χ3v) is 3.53. The molecule has 1 aromatic rings. The van der Waals surface area contributed by atoms with Crippen molar-refractivity contribution in [2.75, 3.05) is 19.5 Å². The maximum absolute atomic E-state index is 11.8. The van der Waals surface area contributed by atoms with E-state index < -0.39 is 0 Å². The number of amides is 1. The number of methoxy groups -OCH3 is 1. The molecule has 106 valence electrons. The van der Waals surface area contributed by atoms with Gasteiger partial charge in [-0.05, 0) is 24.8 Å². The molecule has 1 amide bonds. The first kappa shape index (κ1) is 15.8. The lowest BCUT2D eigenvalue weighted by atomic mass is 10.1. The molecule has 0 aliphatic heterocycles. The summed E-state index contributed by atoms with van der Waals surface area (Å²) < 4.78 is 5.22. The van der Waals surface area contributed by atoms with Crippen LogP contribution in [0, 0.1) is 5.92 Å². The minimum atomic E-state index is 0.0306. The van der Waals surface area contributed by atoms with Gasteiger partial charge in [-0.25, -0.2) is 0 Å². The molecule has 1 N–H and O–H groups in total. The lowest BCUT2D eigenvalue weighted by Gasteiger charge is -2.10. The second-order valence-corrected chi connectivity index (χ2v) is 5.05. The molecule has 19 heavy (non-hydrogen) atoms. The van der Waals surface area contributed by atoms with Gasteiger partial charge in [0.05, 0.1) is 13.5 Å². The summed E-state index contributed by atoms with van der Waals surface area (Å²) in [5.74, 6) is 1.97. The van der Waals surface area contributed by atoms with Crippen LogP contribution in [0.3, 0.4) is 0 Å². The Morgan fingerprint density at radius 1 is 1.42 bits per heavy atom. The van der Waals surface area contributed by atoms with E-state index in [1.807, 2.05) is 24.3 Å². The van der Waals surface area contributed by atoms with Crippen molar-refractivity contribution in [3.05, 3.63) is 29.8 Å². The van der Waals surface area contributed by atoms with E-state index in [4.69, 9.17) is 16.3 Å². The van der Waals surface area contributed by atoms with Gasteiger partial charge >= 0.3 is 0 Å². The molecule has 0 heterocycles. The number of hydrogen-bond donors (Lipinski definition) is 1. The van der Waals surface area contributed by atoms with Crippen LogP contribution in [-0.4, -0.2) is 25.4 Å². The van der Waals surface area contributed by atoms with Crippen LogP contribution in [0.2, 0.25) is 0 Å². The van der Waals surface area contributed by atoms with Gasteiger partial charge < -0.3 is 10.1 Å². The number of carbonyl (C=O) groups is 1. The summed E-state index contributed by atoms with van der Waals surface area (Å²) in [7, 11) is 1.62. The number of benzene rings is 1. The third kappa shape index (κ3) is 5.97. The molecular formula is C15H22ClNO2. The highest BCUT2D eigenvalue weighted by atomic mass is 35.5. The van der Waals surface area contributed by atoms with Crippen molar-refractivity contribution in [2.24, 2.45) is 5.92 Å². The third-order valence-electron chi connectivity index (χ3n) is 3.00. The molecule has 0 fully saturated rings. The number of rotatable bonds is 8. The van der Waals surface area contributed by atoms with Gasteiger partial charge in [-0.2, -0.15) is 0 Å². The number of para-hydroxylation sites is 1. The first-order chi connectivity index (χ1) is 9.17. The highest BCUT2D eigenvalue weighted by Gasteiger charge is 2.07. The number of carbonyl (C=O) groups excluding carboxylic acids is 1. The van der Waals surface area contributed by atoms with Crippen LogP contribution >= 0.6 is 11.6 Å².